The summed E-state index contributed by atoms with van der Waals surface area (Å²) in [7, 11) is 1.87. The van der Waals surface area contributed by atoms with E-state index in [0.717, 1.165) is 12.3 Å². The molecule has 0 saturated heterocycles. The predicted octanol–water partition coefficient (Wildman–Crippen LogP) is 4.90. The summed E-state index contributed by atoms with van der Waals surface area (Å²) in [4.78, 5) is 28.3. The number of likely N-dealkylation sites (N-methyl/N-ethyl adjacent to an activating group) is 1. The van der Waals surface area contributed by atoms with Gasteiger partial charge in [0.05, 0.1) is 11.6 Å². The largest absolute Gasteiger partial charge is 0.338 e. The number of nitrogens with zero attached hydrogens (tertiary/aromatic N) is 2. The number of hydrogen-bond donors (Lipinski definition) is 1. The summed E-state index contributed by atoms with van der Waals surface area (Å²) in [6.45, 7) is 4.79. The van der Waals surface area contributed by atoms with Crippen molar-refractivity contribution >= 4 is 17.5 Å². The first-order valence-corrected chi connectivity index (χ1v) is 12.1. The molecule has 3 fully saturated rings. The third kappa shape index (κ3) is 3.10. The molecule has 1 aromatic rings. The predicted molar refractivity (Wildman–Crippen MR) is 123 cm³/mol. The minimum atomic E-state index is -0.375. The molecular weight excluding hydrogens is 398 g/mol. The second-order valence-corrected chi connectivity index (χ2v) is 11.0. The average Bonchev–Trinajstić information content (AvgIpc) is 3.18. The van der Waals surface area contributed by atoms with Crippen molar-refractivity contribution in [3.05, 3.63) is 41.5 Å². The average molecular weight is 432 g/mol. The van der Waals surface area contributed by atoms with Crippen LogP contribution in [-0.4, -0.2) is 29.8 Å². The molecule has 4 aliphatic rings. The van der Waals surface area contributed by atoms with Crippen molar-refractivity contribution < 1.29 is 9.59 Å². The van der Waals surface area contributed by atoms with Gasteiger partial charge in [-0.2, -0.15) is 5.26 Å². The van der Waals surface area contributed by atoms with Crippen LogP contribution in [0.4, 0.5) is 5.69 Å². The summed E-state index contributed by atoms with van der Waals surface area (Å²) in [6, 6.07) is 9.06. The molecule has 1 aromatic carbocycles. The van der Waals surface area contributed by atoms with Gasteiger partial charge in [0.15, 0.2) is 0 Å². The van der Waals surface area contributed by atoms with E-state index in [1.807, 2.05) is 18.0 Å². The van der Waals surface area contributed by atoms with E-state index in [2.05, 4.69) is 25.2 Å². The molecule has 5 rings (SSSR count). The van der Waals surface area contributed by atoms with Gasteiger partial charge in [0.2, 0.25) is 0 Å². The quantitative estimate of drug-likeness (QED) is 0.677. The van der Waals surface area contributed by atoms with Crippen LogP contribution in [0.1, 0.15) is 64.4 Å². The first kappa shape index (κ1) is 21.2. The lowest BCUT2D eigenvalue weighted by Gasteiger charge is -2.60. The number of nitrogens with one attached hydrogen (secondary N) is 1. The Balaban J connectivity index is 1.48. The zero-order chi connectivity index (χ0) is 22.7. The number of carbonyl (C=O) groups is 2. The molecule has 0 aromatic heterocycles. The van der Waals surface area contributed by atoms with Crippen molar-refractivity contribution in [1.82, 2.24) is 4.90 Å². The van der Waals surface area contributed by atoms with Crippen LogP contribution in [0.3, 0.4) is 0 Å². The van der Waals surface area contributed by atoms with Gasteiger partial charge in [0.25, 0.3) is 11.8 Å². The summed E-state index contributed by atoms with van der Waals surface area (Å²) in [5.41, 5.74) is 1.56. The van der Waals surface area contributed by atoms with Gasteiger partial charge in [-0.25, -0.2) is 0 Å². The Morgan fingerprint density at radius 1 is 1.16 bits per heavy atom. The highest BCUT2D eigenvalue weighted by atomic mass is 16.2. The number of hydrogen-bond acceptors (Lipinski definition) is 3. The molecule has 0 spiro atoms. The number of rotatable bonds is 2. The zero-order valence-electron chi connectivity index (χ0n) is 19.4. The maximum absolute atomic E-state index is 13.2. The molecule has 168 valence electrons. The van der Waals surface area contributed by atoms with E-state index < -0.39 is 0 Å². The maximum Gasteiger partial charge on any atom is 0.260 e. The summed E-state index contributed by atoms with van der Waals surface area (Å²) in [6.07, 6.45) is 10.7. The summed E-state index contributed by atoms with van der Waals surface area (Å²) in [5, 5.41) is 12.0. The van der Waals surface area contributed by atoms with E-state index in [0.29, 0.717) is 28.5 Å². The first-order valence-electron chi connectivity index (χ1n) is 12.1. The van der Waals surface area contributed by atoms with E-state index in [1.165, 1.54) is 38.5 Å². The standard InChI is InChI=1S/C27H33N3O2/c1-26-12-5-8-21(26)19-9-10-23-27(2,22(19)11-13-26)15-20(25(32)30(23)3)24(31)29-18-7-4-6-17(14-18)16-28/h4,6-7,14-15,19,21-23H,5,8-13H2,1-3H3,(H,29,31)/t19-,21-,22+,23?,26-,27+/m0/s1. The SMILES string of the molecule is CN1C(=O)C(C(=O)Nc2cccc(C#N)c2)=C[C@@]2(C)C1CC[C@@H]1[C@H]2CC[C@]2(C)CCC[C@@H]12. The topological polar surface area (TPSA) is 73.2 Å². The smallest absolute Gasteiger partial charge is 0.260 e. The molecule has 5 heteroatoms. The Hall–Kier alpha value is -2.61. The lowest BCUT2D eigenvalue weighted by molar-refractivity contribution is -0.141. The number of fused-ring (bicyclic) bond motifs is 5. The highest BCUT2D eigenvalue weighted by Gasteiger charge is 2.59. The van der Waals surface area contributed by atoms with Crippen molar-refractivity contribution in [2.45, 2.75) is 64.8 Å². The lowest BCUT2D eigenvalue weighted by Crippen LogP contribution is -2.60. The van der Waals surface area contributed by atoms with Gasteiger partial charge in [0.1, 0.15) is 5.57 Å². The lowest BCUT2D eigenvalue weighted by atomic mass is 9.48. The molecule has 32 heavy (non-hydrogen) atoms. The Labute approximate surface area is 190 Å². The third-order valence-electron chi connectivity index (χ3n) is 9.48. The van der Waals surface area contributed by atoms with Gasteiger partial charge in [-0.1, -0.05) is 32.4 Å². The monoisotopic (exact) mass is 431 g/mol. The second-order valence-electron chi connectivity index (χ2n) is 11.0. The Morgan fingerprint density at radius 3 is 2.75 bits per heavy atom. The first-order chi connectivity index (χ1) is 15.3. The van der Waals surface area contributed by atoms with Gasteiger partial charge in [0, 0.05) is 24.2 Å². The van der Waals surface area contributed by atoms with Crippen molar-refractivity contribution in [3.8, 4) is 6.07 Å². The van der Waals surface area contributed by atoms with Crippen LogP contribution in [0.15, 0.2) is 35.9 Å². The molecule has 5 nitrogen and oxygen atoms in total. The molecule has 1 aliphatic heterocycles. The van der Waals surface area contributed by atoms with Crippen molar-refractivity contribution in [1.29, 1.82) is 5.26 Å². The van der Waals surface area contributed by atoms with Crippen molar-refractivity contribution in [3.63, 3.8) is 0 Å². The minimum absolute atomic E-state index is 0.153. The van der Waals surface area contributed by atoms with Crippen LogP contribution in [-0.2, 0) is 9.59 Å². The van der Waals surface area contributed by atoms with E-state index in [4.69, 9.17) is 5.26 Å². The van der Waals surface area contributed by atoms with Crippen LogP contribution in [0.5, 0.6) is 0 Å². The van der Waals surface area contributed by atoms with Crippen molar-refractivity contribution in [2.75, 3.05) is 12.4 Å². The van der Waals surface area contributed by atoms with Crippen LogP contribution in [0.2, 0.25) is 0 Å². The van der Waals surface area contributed by atoms with Crippen LogP contribution < -0.4 is 5.32 Å². The third-order valence-corrected chi connectivity index (χ3v) is 9.48. The molecule has 3 aliphatic carbocycles. The number of nitriles is 1. The highest BCUT2D eigenvalue weighted by Crippen LogP contribution is 2.64. The normalized spacial score (nSPS) is 38.1. The number of amides is 2. The zero-order valence-corrected chi connectivity index (χ0v) is 19.4. The fourth-order valence-corrected chi connectivity index (χ4v) is 7.91. The molecular formula is C27H33N3O2. The maximum atomic E-state index is 13.2. The molecule has 1 N–H and O–H groups in total. The number of anilines is 1. The number of carbonyl (C=O) groups excluding carboxylic acids is 2. The van der Waals surface area contributed by atoms with E-state index in [1.54, 1.807) is 24.3 Å². The fraction of sp³-hybridized carbons (Fsp3) is 0.593. The van der Waals surface area contributed by atoms with Crippen LogP contribution in [0.25, 0.3) is 0 Å². The molecule has 2 amide bonds. The Kier molecular flexibility index (Phi) is 4.96. The van der Waals surface area contributed by atoms with E-state index >= 15 is 0 Å². The molecule has 6 atom stereocenters. The molecule has 1 unspecified atom stereocenters. The second kappa shape index (κ2) is 7.47. The van der Waals surface area contributed by atoms with Crippen molar-refractivity contribution in [2.24, 2.45) is 28.6 Å². The van der Waals surface area contributed by atoms with Gasteiger partial charge in [-0.15, -0.1) is 0 Å². The van der Waals surface area contributed by atoms with E-state index in [9.17, 15) is 9.59 Å². The molecule has 3 saturated carbocycles. The van der Waals surface area contributed by atoms with Gasteiger partial charge >= 0.3 is 0 Å². The van der Waals surface area contributed by atoms with Gasteiger partial charge < -0.3 is 10.2 Å². The summed E-state index contributed by atoms with van der Waals surface area (Å²) < 4.78 is 0. The van der Waals surface area contributed by atoms with E-state index in [-0.39, 0.29) is 28.8 Å². The fourth-order valence-electron chi connectivity index (χ4n) is 7.91. The van der Waals surface area contributed by atoms with Crippen LogP contribution >= 0.6 is 0 Å². The summed E-state index contributed by atoms with van der Waals surface area (Å²) >= 11 is 0. The Bertz CT molecular complexity index is 1040. The molecule has 0 radical (unpaired) electrons. The van der Waals surface area contributed by atoms with Crippen LogP contribution in [0, 0.1) is 39.9 Å². The van der Waals surface area contributed by atoms with Gasteiger partial charge in [-0.05, 0) is 79.9 Å². The highest BCUT2D eigenvalue weighted by molar-refractivity contribution is 6.23. The number of benzene rings is 1. The summed E-state index contributed by atoms with van der Waals surface area (Å²) in [5.74, 6) is 1.41. The molecule has 1 heterocycles. The minimum Gasteiger partial charge on any atom is -0.338 e. The Morgan fingerprint density at radius 2 is 1.97 bits per heavy atom. The van der Waals surface area contributed by atoms with Gasteiger partial charge in [-0.3, -0.25) is 9.59 Å². The molecule has 0 bridgehead atoms.